The first-order valence-corrected chi connectivity index (χ1v) is 6.02. The number of hydrogen-bond donors (Lipinski definition) is 0. The molecule has 0 saturated carbocycles. The molecule has 0 spiro atoms. The molecule has 86 valence electrons. The molecule has 0 fully saturated rings. The molecule has 5 heteroatoms. The molecule has 0 radical (unpaired) electrons. The molecule has 16 heavy (non-hydrogen) atoms. The lowest BCUT2D eigenvalue weighted by atomic mass is 10.3. The Bertz CT molecular complexity index is 364. The van der Waals surface area contributed by atoms with E-state index in [4.69, 9.17) is 0 Å². The van der Waals surface area contributed by atoms with E-state index in [9.17, 15) is 14.7 Å². The van der Waals surface area contributed by atoms with E-state index in [-0.39, 0.29) is 0 Å². The van der Waals surface area contributed by atoms with Gasteiger partial charge in [-0.25, -0.2) is 0 Å². The molecule has 0 saturated heterocycles. The highest BCUT2D eigenvalue weighted by Crippen LogP contribution is 2.16. The van der Waals surface area contributed by atoms with E-state index in [2.05, 4.69) is 0 Å². The van der Waals surface area contributed by atoms with Crippen molar-refractivity contribution in [3.8, 4) is 0 Å². The molecule has 1 aromatic rings. The number of hydrogen-bond acceptors (Lipinski definition) is 4. The van der Waals surface area contributed by atoms with E-state index >= 15 is 0 Å². The molecule has 0 aliphatic rings. The molecular weight excluding hydrogens is 226 g/mol. The molecule has 0 aromatic carbocycles. The Balaban J connectivity index is 2.83. The van der Waals surface area contributed by atoms with Gasteiger partial charge in [0.15, 0.2) is 18.7 Å². The first-order valence-electron chi connectivity index (χ1n) is 4.97. The van der Waals surface area contributed by atoms with Crippen molar-refractivity contribution in [2.24, 2.45) is 0 Å². The molecule has 1 aromatic heterocycles. The van der Waals surface area contributed by atoms with Crippen molar-refractivity contribution in [1.82, 2.24) is 0 Å². The molecule has 0 aliphatic heterocycles. The predicted octanol–water partition coefficient (Wildman–Crippen LogP) is 0.178. The van der Waals surface area contributed by atoms with Gasteiger partial charge in [0.1, 0.15) is 5.97 Å². The summed E-state index contributed by atoms with van der Waals surface area (Å²) in [5.74, 6) is -0.372. The maximum Gasteiger partial charge on any atom is 0.244 e. The van der Waals surface area contributed by atoms with Crippen molar-refractivity contribution < 1.29 is 19.3 Å². The van der Waals surface area contributed by atoms with E-state index < -0.39 is 11.3 Å². The Kier molecular flexibility index (Phi) is 4.98. The molecule has 1 unspecified atom stereocenters. The highest BCUT2D eigenvalue weighted by molar-refractivity contribution is 7.99. The summed E-state index contributed by atoms with van der Waals surface area (Å²) in [4.78, 5) is 21.4. The number of carboxylic acid groups (broad SMARTS) is 1. The van der Waals surface area contributed by atoms with Crippen LogP contribution in [-0.2, 0) is 4.79 Å². The van der Waals surface area contributed by atoms with Crippen LogP contribution in [0.3, 0.4) is 0 Å². The second-order valence-electron chi connectivity index (χ2n) is 3.24. The zero-order valence-electron chi connectivity index (χ0n) is 8.96. The van der Waals surface area contributed by atoms with Crippen LogP contribution >= 0.6 is 11.8 Å². The third-order valence-electron chi connectivity index (χ3n) is 1.97. The lowest BCUT2D eigenvalue weighted by Gasteiger charge is -2.12. The number of thioether (sulfide) groups is 1. The fourth-order valence-electron chi connectivity index (χ4n) is 1.19. The van der Waals surface area contributed by atoms with Crippen molar-refractivity contribution in [1.29, 1.82) is 0 Å². The molecule has 4 nitrogen and oxygen atoms in total. The molecule has 0 aliphatic carbocycles. The third-order valence-corrected chi connectivity index (χ3v) is 3.36. The zero-order chi connectivity index (χ0) is 12.0. The summed E-state index contributed by atoms with van der Waals surface area (Å²) in [6.07, 6.45) is 4.78. The minimum atomic E-state index is -1.12. The molecule has 1 atom stereocenters. The standard InChI is InChI=1S/C11H13NO3S/c1-2-7-16-10(11(14)15)12-5-3-9(8-13)4-6-12/h3-6,8,10H,2,7H2,1H3. The second kappa shape index (κ2) is 6.27. The number of nitrogens with zero attached hydrogens (tertiary/aromatic N) is 1. The number of rotatable bonds is 6. The van der Waals surface area contributed by atoms with Crippen molar-refractivity contribution in [2.75, 3.05) is 5.75 Å². The maximum absolute atomic E-state index is 10.9. The van der Waals surface area contributed by atoms with Gasteiger partial charge in [-0.05, 0) is 12.2 Å². The van der Waals surface area contributed by atoms with Gasteiger partial charge in [0, 0.05) is 17.7 Å². The summed E-state index contributed by atoms with van der Waals surface area (Å²) >= 11 is 1.31. The molecular formula is C11H13NO3S. The van der Waals surface area contributed by atoms with Crippen LogP contribution in [0.5, 0.6) is 0 Å². The summed E-state index contributed by atoms with van der Waals surface area (Å²) in [6.45, 7) is 1.99. The molecule has 1 heterocycles. The SMILES string of the molecule is CCCSC(C(=O)[O-])[n+]1ccc(C=O)cc1. The number of aliphatic carboxylic acids is 1. The maximum atomic E-state index is 10.9. The van der Waals surface area contributed by atoms with Gasteiger partial charge in [0.2, 0.25) is 5.37 Å². The van der Waals surface area contributed by atoms with E-state index in [0.717, 1.165) is 18.5 Å². The van der Waals surface area contributed by atoms with Crippen LogP contribution in [0.15, 0.2) is 24.5 Å². The summed E-state index contributed by atoms with van der Waals surface area (Å²) in [7, 11) is 0. The fourth-order valence-corrected chi connectivity index (χ4v) is 2.10. The van der Waals surface area contributed by atoms with E-state index in [1.165, 1.54) is 16.3 Å². The van der Waals surface area contributed by atoms with Crippen molar-refractivity contribution in [3.05, 3.63) is 30.1 Å². The van der Waals surface area contributed by atoms with Crippen LogP contribution < -0.4 is 9.67 Å². The van der Waals surface area contributed by atoms with Gasteiger partial charge in [0.25, 0.3) is 0 Å². The van der Waals surface area contributed by atoms with Crippen LogP contribution in [0, 0.1) is 0 Å². The van der Waals surface area contributed by atoms with Gasteiger partial charge < -0.3 is 9.90 Å². The van der Waals surface area contributed by atoms with E-state index in [1.54, 1.807) is 24.5 Å². The summed E-state index contributed by atoms with van der Waals surface area (Å²) in [5, 5.41) is 10.2. The van der Waals surface area contributed by atoms with E-state index in [0.29, 0.717) is 5.56 Å². The first-order chi connectivity index (χ1) is 7.69. The van der Waals surface area contributed by atoms with Crippen LogP contribution in [0.1, 0.15) is 29.1 Å². The number of aldehydes is 1. The summed E-state index contributed by atoms with van der Waals surface area (Å²) in [5.41, 5.74) is 0.522. The number of carbonyl (C=O) groups is 2. The molecule has 0 N–H and O–H groups in total. The normalized spacial score (nSPS) is 12.1. The molecule has 0 bridgehead atoms. The highest BCUT2D eigenvalue weighted by Gasteiger charge is 2.19. The monoisotopic (exact) mass is 239 g/mol. The minimum Gasteiger partial charge on any atom is -0.543 e. The Hall–Kier alpha value is -1.36. The Morgan fingerprint density at radius 3 is 2.62 bits per heavy atom. The van der Waals surface area contributed by atoms with Crippen molar-refractivity contribution in [3.63, 3.8) is 0 Å². The van der Waals surface area contributed by atoms with Crippen LogP contribution in [0.4, 0.5) is 0 Å². The number of carboxylic acids is 1. The zero-order valence-corrected chi connectivity index (χ0v) is 9.78. The minimum absolute atomic E-state index is 0.522. The van der Waals surface area contributed by atoms with Gasteiger partial charge in [-0.1, -0.05) is 18.7 Å². The van der Waals surface area contributed by atoms with Gasteiger partial charge in [0.05, 0.1) is 0 Å². The van der Waals surface area contributed by atoms with Gasteiger partial charge in [-0.2, -0.15) is 4.57 Å². The number of pyridine rings is 1. The quantitative estimate of drug-likeness (QED) is 0.525. The topological polar surface area (TPSA) is 61.1 Å². The third kappa shape index (κ3) is 3.34. The Morgan fingerprint density at radius 2 is 2.19 bits per heavy atom. The van der Waals surface area contributed by atoms with Crippen LogP contribution in [-0.4, -0.2) is 18.0 Å². The average molecular weight is 239 g/mol. The van der Waals surface area contributed by atoms with Gasteiger partial charge >= 0.3 is 0 Å². The average Bonchev–Trinajstić information content (AvgIpc) is 2.30. The van der Waals surface area contributed by atoms with Crippen LogP contribution in [0.2, 0.25) is 0 Å². The highest BCUT2D eigenvalue weighted by atomic mass is 32.2. The lowest BCUT2D eigenvalue weighted by molar-refractivity contribution is -0.693. The largest absolute Gasteiger partial charge is 0.543 e. The Labute approximate surface area is 98.3 Å². The number of carbonyl (C=O) groups excluding carboxylic acids is 2. The second-order valence-corrected chi connectivity index (χ2v) is 4.43. The lowest BCUT2D eigenvalue weighted by Crippen LogP contribution is -2.47. The predicted molar refractivity (Wildman–Crippen MR) is 58.8 cm³/mol. The first kappa shape index (κ1) is 12.7. The van der Waals surface area contributed by atoms with Gasteiger partial charge in [-0.15, -0.1) is 0 Å². The summed E-state index contributed by atoms with van der Waals surface area (Å²) in [6, 6.07) is 3.16. The van der Waals surface area contributed by atoms with Crippen LogP contribution in [0.25, 0.3) is 0 Å². The van der Waals surface area contributed by atoms with Crippen molar-refractivity contribution >= 4 is 24.0 Å². The fraction of sp³-hybridized carbons (Fsp3) is 0.364. The Morgan fingerprint density at radius 1 is 1.56 bits per heavy atom. The molecule has 1 rings (SSSR count). The number of aromatic nitrogens is 1. The molecule has 0 amide bonds. The van der Waals surface area contributed by atoms with Gasteiger partial charge in [-0.3, -0.25) is 4.79 Å². The summed E-state index contributed by atoms with van der Waals surface area (Å²) < 4.78 is 1.53. The van der Waals surface area contributed by atoms with Crippen molar-refractivity contribution in [2.45, 2.75) is 18.7 Å². The van der Waals surface area contributed by atoms with E-state index in [1.807, 2.05) is 6.92 Å². The smallest absolute Gasteiger partial charge is 0.244 e.